The fourth-order valence-electron chi connectivity index (χ4n) is 4.46. The molecular formula is C26H27N3O2. The van der Waals surface area contributed by atoms with Gasteiger partial charge in [-0.15, -0.1) is 0 Å². The minimum Gasteiger partial charge on any atom is -0.465 e. The zero-order chi connectivity index (χ0) is 21.5. The molecule has 2 aliphatic carbocycles. The van der Waals surface area contributed by atoms with Crippen molar-refractivity contribution >= 4 is 34.0 Å². The van der Waals surface area contributed by atoms with Crippen LogP contribution in [-0.2, 0) is 11.8 Å². The van der Waals surface area contributed by atoms with Gasteiger partial charge in [0.15, 0.2) is 0 Å². The summed E-state index contributed by atoms with van der Waals surface area (Å²) in [5, 5.41) is 4.56. The van der Waals surface area contributed by atoms with Crippen molar-refractivity contribution in [2.45, 2.75) is 32.1 Å². The third-order valence-electron chi connectivity index (χ3n) is 6.34. The van der Waals surface area contributed by atoms with Gasteiger partial charge in [0.1, 0.15) is 11.4 Å². The van der Waals surface area contributed by atoms with Crippen LogP contribution < -0.4 is 5.32 Å². The van der Waals surface area contributed by atoms with Gasteiger partial charge < -0.3 is 14.6 Å². The number of aryl methyl sites for hydroxylation is 1. The predicted molar refractivity (Wildman–Crippen MR) is 125 cm³/mol. The number of carbonyl (C=O) groups excluding carboxylic acids is 1. The van der Waals surface area contributed by atoms with Crippen LogP contribution in [0.25, 0.3) is 16.5 Å². The van der Waals surface area contributed by atoms with E-state index in [-0.39, 0.29) is 5.97 Å². The van der Waals surface area contributed by atoms with E-state index in [1.807, 2.05) is 12.3 Å². The number of hydrogen-bond donors (Lipinski definition) is 1. The Labute approximate surface area is 182 Å². The van der Waals surface area contributed by atoms with Gasteiger partial charge in [-0.25, -0.2) is 9.78 Å². The highest BCUT2D eigenvalue weighted by Crippen LogP contribution is 2.41. The number of ether oxygens (including phenoxy) is 1. The van der Waals surface area contributed by atoms with Gasteiger partial charge in [0, 0.05) is 36.1 Å². The lowest BCUT2D eigenvalue weighted by molar-refractivity contribution is 0.0601. The molecule has 5 nitrogen and oxygen atoms in total. The van der Waals surface area contributed by atoms with Crippen LogP contribution in [0.1, 0.15) is 53.6 Å². The lowest BCUT2D eigenvalue weighted by Crippen LogP contribution is -2.09. The number of nitrogens with one attached hydrogen (secondary N) is 1. The third kappa shape index (κ3) is 3.65. The van der Waals surface area contributed by atoms with E-state index in [4.69, 9.17) is 4.74 Å². The number of allylic oxidation sites excluding steroid dienone is 4. The van der Waals surface area contributed by atoms with Crippen LogP contribution >= 0.6 is 0 Å². The van der Waals surface area contributed by atoms with Gasteiger partial charge in [-0.3, -0.25) is 0 Å². The van der Waals surface area contributed by atoms with Gasteiger partial charge >= 0.3 is 5.97 Å². The van der Waals surface area contributed by atoms with Crippen molar-refractivity contribution in [2.75, 3.05) is 12.4 Å². The Morgan fingerprint density at radius 3 is 2.84 bits per heavy atom. The number of aromatic nitrogens is 2. The monoisotopic (exact) mass is 413 g/mol. The molecule has 0 aliphatic heterocycles. The van der Waals surface area contributed by atoms with Crippen LogP contribution in [0.4, 0.5) is 11.5 Å². The van der Waals surface area contributed by atoms with Gasteiger partial charge in [0.2, 0.25) is 0 Å². The molecule has 2 heterocycles. The maximum Gasteiger partial charge on any atom is 0.341 e. The summed E-state index contributed by atoms with van der Waals surface area (Å²) in [6.45, 7) is 2.26. The van der Waals surface area contributed by atoms with Gasteiger partial charge in [-0.2, -0.15) is 0 Å². The highest BCUT2D eigenvalue weighted by atomic mass is 16.5. The first-order valence-electron chi connectivity index (χ1n) is 10.9. The Morgan fingerprint density at radius 1 is 1.26 bits per heavy atom. The van der Waals surface area contributed by atoms with Gasteiger partial charge in [0.05, 0.1) is 12.6 Å². The predicted octanol–water partition coefficient (Wildman–Crippen LogP) is 5.96. The molecule has 2 aromatic heterocycles. The first-order chi connectivity index (χ1) is 15.0. The van der Waals surface area contributed by atoms with Crippen LogP contribution in [0.2, 0.25) is 0 Å². The fraction of sp³-hybridized carbons (Fsp3) is 0.308. The summed E-state index contributed by atoms with van der Waals surface area (Å²) < 4.78 is 7.21. The van der Waals surface area contributed by atoms with Crippen molar-refractivity contribution in [3.05, 3.63) is 71.6 Å². The zero-order valence-electron chi connectivity index (χ0n) is 18.2. The number of pyridine rings is 1. The second-order valence-electron chi connectivity index (χ2n) is 8.63. The van der Waals surface area contributed by atoms with Crippen LogP contribution in [0, 0.1) is 5.92 Å². The van der Waals surface area contributed by atoms with Crippen LogP contribution in [0.15, 0.2) is 54.9 Å². The molecule has 0 radical (unpaired) electrons. The number of fused-ring (bicyclic) bond motifs is 1. The number of methoxy groups -OCH3 is 1. The van der Waals surface area contributed by atoms with E-state index in [1.54, 1.807) is 0 Å². The Morgan fingerprint density at radius 2 is 2.10 bits per heavy atom. The number of benzene rings is 1. The minimum absolute atomic E-state index is 0.368. The maximum absolute atomic E-state index is 12.5. The highest BCUT2D eigenvalue weighted by molar-refractivity contribution is 5.98. The number of carbonyl (C=O) groups is 1. The molecule has 0 saturated heterocycles. The normalized spacial score (nSPS) is 18.2. The molecule has 0 spiro atoms. The highest BCUT2D eigenvalue weighted by Gasteiger charge is 2.26. The fourth-order valence-corrected chi connectivity index (χ4v) is 4.46. The lowest BCUT2D eigenvalue weighted by Gasteiger charge is -2.20. The number of rotatable bonds is 5. The standard InChI is InChI=1S/C26H27N3O2/c1-16-6-4-5-7-21(16)22-14-20(12-18-10-11-29(2)24(18)22)28-25-23(26(30)31-3)13-19(15-27-25)17-8-9-17/h4-5,7,10-17H,6,8-9H2,1-3H3,(H,27,28). The summed E-state index contributed by atoms with van der Waals surface area (Å²) in [4.78, 5) is 17.1. The third-order valence-corrected chi connectivity index (χ3v) is 6.34. The molecule has 158 valence electrons. The molecule has 1 saturated carbocycles. The summed E-state index contributed by atoms with van der Waals surface area (Å²) in [7, 11) is 3.49. The minimum atomic E-state index is -0.368. The van der Waals surface area contributed by atoms with Gasteiger partial charge in [0.25, 0.3) is 0 Å². The molecule has 0 bridgehead atoms. The quantitative estimate of drug-likeness (QED) is 0.524. The average Bonchev–Trinajstić information content (AvgIpc) is 3.56. The first kappa shape index (κ1) is 19.6. The largest absolute Gasteiger partial charge is 0.465 e. The summed E-state index contributed by atoms with van der Waals surface area (Å²) in [5.74, 6) is 1.13. The molecule has 0 amide bonds. The van der Waals surface area contributed by atoms with E-state index < -0.39 is 0 Å². The van der Waals surface area contributed by atoms with E-state index >= 15 is 0 Å². The van der Waals surface area contributed by atoms with Gasteiger partial charge in [-0.1, -0.05) is 25.2 Å². The molecule has 5 rings (SSSR count). The topological polar surface area (TPSA) is 56.1 Å². The molecule has 31 heavy (non-hydrogen) atoms. The van der Waals surface area contributed by atoms with Crippen molar-refractivity contribution in [2.24, 2.45) is 13.0 Å². The molecule has 5 heteroatoms. The molecule has 1 N–H and O–H groups in total. The number of esters is 1. The average molecular weight is 414 g/mol. The number of anilines is 2. The Bertz CT molecular complexity index is 1230. The molecule has 1 atom stereocenters. The second-order valence-corrected chi connectivity index (χ2v) is 8.63. The van der Waals surface area contributed by atoms with Crippen LogP contribution in [0.5, 0.6) is 0 Å². The van der Waals surface area contributed by atoms with E-state index in [1.165, 1.54) is 23.8 Å². The summed E-state index contributed by atoms with van der Waals surface area (Å²) in [6, 6.07) is 8.33. The molecule has 2 aliphatic rings. The Kier molecular flexibility index (Phi) is 4.89. The van der Waals surface area contributed by atoms with E-state index in [0.717, 1.165) is 35.9 Å². The van der Waals surface area contributed by atoms with Gasteiger partial charge in [-0.05, 0) is 66.5 Å². The van der Waals surface area contributed by atoms with E-state index in [0.29, 0.717) is 23.2 Å². The molecular weight excluding hydrogens is 386 g/mol. The lowest BCUT2D eigenvalue weighted by atomic mass is 9.87. The molecule has 1 aromatic carbocycles. The molecule has 3 aromatic rings. The summed E-state index contributed by atoms with van der Waals surface area (Å²) >= 11 is 0. The van der Waals surface area contributed by atoms with Crippen LogP contribution in [-0.4, -0.2) is 22.6 Å². The van der Waals surface area contributed by atoms with E-state index in [2.05, 4.69) is 71.5 Å². The molecule has 1 unspecified atom stereocenters. The Balaban J connectivity index is 1.60. The summed E-state index contributed by atoms with van der Waals surface area (Å²) in [6.07, 6.45) is 13.9. The van der Waals surface area contributed by atoms with Crippen molar-refractivity contribution in [1.29, 1.82) is 0 Å². The zero-order valence-corrected chi connectivity index (χ0v) is 18.2. The number of nitrogens with zero attached hydrogens (tertiary/aromatic N) is 2. The van der Waals surface area contributed by atoms with Crippen LogP contribution in [0.3, 0.4) is 0 Å². The Hall–Kier alpha value is -3.34. The van der Waals surface area contributed by atoms with Crippen molar-refractivity contribution < 1.29 is 9.53 Å². The summed E-state index contributed by atoms with van der Waals surface area (Å²) in [5.41, 5.74) is 6.24. The molecule has 1 fully saturated rings. The van der Waals surface area contributed by atoms with Crippen molar-refractivity contribution in [3.8, 4) is 0 Å². The smallest absolute Gasteiger partial charge is 0.341 e. The maximum atomic E-state index is 12.5. The van der Waals surface area contributed by atoms with E-state index in [9.17, 15) is 4.79 Å². The second kappa shape index (κ2) is 7.73. The first-order valence-corrected chi connectivity index (χ1v) is 10.9. The van der Waals surface area contributed by atoms with Crippen molar-refractivity contribution in [3.63, 3.8) is 0 Å². The van der Waals surface area contributed by atoms with Crippen molar-refractivity contribution in [1.82, 2.24) is 9.55 Å². The number of hydrogen-bond acceptors (Lipinski definition) is 4. The SMILES string of the molecule is COC(=O)c1cc(C2CC2)cnc1Nc1cc(C2=CC=CCC2C)c2c(ccn2C)c1.